The maximum Gasteiger partial charge on any atom is 0.306 e. The standard InChI is InChI=1S/C40H78O4/c1-3-5-7-9-11-13-15-17-18-19-21-23-25-27-33-37-40(43)44-38(35-31-28-29-32-36-39(41)42)34-30-26-24-22-20-16-14-12-10-8-6-4-2/h38H,3-37H2,1-2H3,(H,41,42). The van der Waals surface area contributed by atoms with Crippen LogP contribution < -0.4 is 0 Å². The number of hydrogen-bond acceptors (Lipinski definition) is 3. The van der Waals surface area contributed by atoms with Crippen LogP contribution in [0, 0.1) is 0 Å². The zero-order valence-electron chi connectivity index (χ0n) is 30.0. The first kappa shape index (κ1) is 42.9. The third-order valence-electron chi connectivity index (χ3n) is 9.33. The zero-order valence-corrected chi connectivity index (χ0v) is 30.0. The number of hydrogen-bond donors (Lipinski definition) is 1. The third kappa shape index (κ3) is 35.4. The van der Waals surface area contributed by atoms with Crippen LogP contribution in [0.4, 0.5) is 0 Å². The fraction of sp³-hybridized carbons (Fsp3) is 0.950. The van der Waals surface area contributed by atoms with E-state index in [0.717, 1.165) is 57.8 Å². The van der Waals surface area contributed by atoms with Crippen LogP contribution in [-0.4, -0.2) is 23.1 Å². The van der Waals surface area contributed by atoms with E-state index in [-0.39, 0.29) is 18.5 Å². The van der Waals surface area contributed by atoms with E-state index in [9.17, 15) is 9.59 Å². The molecule has 0 aromatic carbocycles. The SMILES string of the molecule is CCCCCCCCCCCCCCCCCC(=O)OC(CCCCCCCCCCCCCC)CCCCCCC(=O)O. The molecule has 0 aliphatic heterocycles. The van der Waals surface area contributed by atoms with E-state index < -0.39 is 5.97 Å². The highest BCUT2D eigenvalue weighted by molar-refractivity contribution is 5.69. The van der Waals surface area contributed by atoms with E-state index >= 15 is 0 Å². The molecule has 4 heteroatoms. The Morgan fingerprint density at radius 3 is 1.00 bits per heavy atom. The molecule has 0 aliphatic carbocycles. The summed E-state index contributed by atoms with van der Waals surface area (Å²) < 4.78 is 5.98. The second kappa shape index (κ2) is 36.4. The Morgan fingerprint density at radius 2 is 0.682 bits per heavy atom. The molecule has 262 valence electrons. The van der Waals surface area contributed by atoms with Gasteiger partial charge in [-0.1, -0.05) is 187 Å². The van der Waals surface area contributed by atoms with E-state index in [1.807, 2.05) is 0 Å². The predicted octanol–water partition coefficient (Wildman–Crippen LogP) is 13.7. The van der Waals surface area contributed by atoms with Gasteiger partial charge in [-0.3, -0.25) is 9.59 Å². The molecule has 1 atom stereocenters. The van der Waals surface area contributed by atoms with E-state index in [1.165, 1.54) is 154 Å². The average Bonchev–Trinajstić information content (AvgIpc) is 3.01. The molecule has 0 aliphatic rings. The predicted molar refractivity (Wildman–Crippen MR) is 190 cm³/mol. The lowest BCUT2D eigenvalue weighted by atomic mass is 10.0. The van der Waals surface area contributed by atoms with Gasteiger partial charge in [0.25, 0.3) is 0 Å². The molecule has 0 bridgehead atoms. The van der Waals surface area contributed by atoms with Gasteiger partial charge in [0.15, 0.2) is 0 Å². The first-order valence-corrected chi connectivity index (χ1v) is 20.0. The second-order valence-corrected chi connectivity index (χ2v) is 13.8. The van der Waals surface area contributed by atoms with Crippen LogP contribution in [0.3, 0.4) is 0 Å². The molecular formula is C40H78O4. The first-order valence-electron chi connectivity index (χ1n) is 20.0. The lowest BCUT2D eigenvalue weighted by molar-refractivity contribution is -0.150. The quantitative estimate of drug-likeness (QED) is 0.0553. The molecule has 1 N–H and O–H groups in total. The van der Waals surface area contributed by atoms with Crippen molar-refractivity contribution in [1.29, 1.82) is 0 Å². The van der Waals surface area contributed by atoms with Gasteiger partial charge in [0.2, 0.25) is 0 Å². The molecule has 0 aromatic rings. The number of esters is 1. The van der Waals surface area contributed by atoms with Gasteiger partial charge in [-0.25, -0.2) is 0 Å². The summed E-state index contributed by atoms with van der Waals surface area (Å²) in [5, 5.41) is 8.85. The number of aliphatic carboxylic acids is 1. The molecule has 44 heavy (non-hydrogen) atoms. The highest BCUT2D eigenvalue weighted by atomic mass is 16.5. The van der Waals surface area contributed by atoms with Crippen LogP contribution in [0.5, 0.6) is 0 Å². The molecule has 0 saturated carbocycles. The summed E-state index contributed by atoms with van der Waals surface area (Å²) >= 11 is 0. The monoisotopic (exact) mass is 623 g/mol. The van der Waals surface area contributed by atoms with Gasteiger partial charge in [-0.2, -0.15) is 0 Å². The summed E-state index contributed by atoms with van der Waals surface area (Å²) in [6, 6.07) is 0. The fourth-order valence-corrected chi connectivity index (χ4v) is 6.36. The summed E-state index contributed by atoms with van der Waals surface area (Å²) in [5.74, 6) is -0.711. The Balaban J connectivity index is 3.93. The molecule has 0 amide bonds. The molecule has 4 nitrogen and oxygen atoms in total. The summed E-state index contributed by atoms with van der Waals surface area (Å²) in [7, 11) is 0. The van der Waals surface area contributed by atoms with Gasteiger partial charge >= 0.3 is 11.9 Å². The molecule has 0 radical (unpaired) electrons. The lowest BCUT2D eigenvalue weighted by Gasteiger charge is -2.18. The third-order valence-corrected chi connectivity index (χ3v) is 9.33. The summed E-state index contributed by atoms with van der Waals surface area (Å²) in [6.45, 7) is 4.56. The minimum absolute atomic E-state index is 0.00509. The number of carbonyl (C=O) groups excluding carboxylic acids is 1. The van der Waals surface area contributed by atoms with Crippen LogP contribution in [0.2, 0.25) is 0 Å². The van der Waals surface area contributed by atoms with Gasteiger partial charge in [-0.15, -0.1) is 0 Å². The number of carbonyl (C=O) groups is 2. The van der Waals surface area contributed by atoms with Crippen molar-refractivity contribution in [3.63, 3.8) is 0 Å². The molecular weight excluding hydrogens is 544 g/mol. The molecule has 0 rings (SSSR count). The molecule has 0 heterocycles. The van der Waals surface area contributed by atoms with Crippen LogP contribution in [0.25, 0.3) is 0 Å². The zero-order chi connectivity index (χ0) is 32.2. The van der Waals surface area contributed by atoms with Crippen molar-refractivity contribution < 1.29 is 19.4 Å². The first-order chi connectivity index (χ1) is 21.6. The van der Waals surface area contributed by atoms with E-state index in [4.69, 9.17) is 9.84 Å². The summed E-state index contributed by atoms with van der Waals surface area (Å²) in [5.41, 5.74) is 0. The van der Waals surface area contributed by atoms with Gasteiger partial charge in [0.1, 0.15) is 6.10 Å². The average molecular weight is 623 g/mol. The van der Waals surface area contributed by atoms with Crippen molar-refractivity contribution in [2.45, 2.75) is 245 Å². The van der Waals surface area contributed by atoms with Crippen LogP contribution >= 0.6 is 0 Å². The Labute approximate surface area is 275 Å². The molecule has 0 aromatic heterocycles. The van der Waals surface area contributed by atoms with Gasteiger partial charge in [-0.05, 0) is 38.5 Å². The van der Waals surface area contributed by atoms with Crippen molar-refractivity contribution in [1.82, 2.24) is 0 Å². The molecule has 0 spiro atoms. The highest BCUT2D eigenvalue weighted by Crippen LogP contribution is 2.19. The Kier molecular flexibility index (Phi) is 35.5. The summed E-state index contributed by atoms with van der Waals surface area (Å²) in [4.78, 5) is 23.4. The maximum atomic E-state index is 12.6. The van der Waals surface area contributed by atoms with Crippen molar-refractivity contribution >= 4 is 11.9 Å². The number of unbranched alkanes of at least 4 members (excludes halogenated alkanes) is 28. The van der Waals surface area contributed by atoms with Crippen LogP contribution in [0.15, 0.2) is 0 Å². The topological polar surface area (TPSA) is 63.6 Å². The van der Waals surface area contributed by atoms with Crippen molar-refractivity contribution in [2.24, 2.45) is 0 Å². The maximum absolute atomic E-state index is 12.6. The van der Waals surface area contributed by atoms with Crippen molar-refractivity contribution in [2.75, 3.05) is 0 Å². The van der Waals surface area contributed by atoms with Crippen molar-refractivity contribution in [3.8, 4) is 0 Å². The lowest BCUT2D eigenvalue weighted by Crippen LogP contribution is -2.18. The molecule has 1 unspecified atom stereocenters. The van der Waals surface area contributed by atoms with Crippen molar-refractivity contribution in [3.05, 3.63) is 0 Å². The Hall–Kier alpha value is -1.06. The minimum atomic E-state index is -0.706. The molecule has 0 saturated heterocycles. The van der Waals surface area contributed by atoms with E-state index in [0.29, 0.717) is 6.42 Å². The van der Waals surface area contributed by atoms with E-state index in [2.05, 4.69) is 13.8 Å². The smallest absolute Gasteiger partial charge is 0.306 e. The number of rotatable bonds is 37. The second-order valence-electron chi connectivity index (χ2n) is 13.8. The highest BCUT2D eigenvalue weighted by Gasteiger charge is 2.14. The van der Waals surface area contributed by atoms with E-state index in [1.54, 1.807) is 0 Å². The Bertz CT molecular complexity index is 590. The Morgan fingerprint density at radius 1 is 0.409 bits per heavy atom. The van der Waals surface area contributed by atoms with Gasteiger partial charge < -0.3 is 9.84 Å². The largest absolute Gasteiger partial charge is 0.481 e. The van der Waals surface area contributed by atoms with Gasteiger partial charge in [0, 0.05) is 12.8 Å². The van der Waals surface area contributed by atoms with Gasteiger partial charge in [0.05, 0.1) is 0 Å². The minimum Gasteiger partial charge on any atom is -0.481 e. The number of carboxylic acids is 1. The van der Waals surface area contributed by atoms with Crippen LogP contribution in [-0.2, 0) is 14.3 Å². The number of ether oxygens (including phenoxy) is 1. The molecule has 0 fully saturated rings. The number of carboxylic acid groups (broad SMARTS) is 1. The fourth-order valence-electron chi connectivity index (χ4n) is 6.36. The van der Waals surface area contributed by atoms with Crippen LogP contribution in [0.1, 0.15) is 239 Å². The summed E-state index contributed by atoms with van der Waals surface area (Å²) in [6.07, 6.45) is 42.6. The normalized spacial score (nSPS) is 12.0.